The van der Waals surface area contributed by atoms with Crippen molar-refractivity contribution in [1.82, 2.24) is 5.16 Å². The molecule has 0 spiro atoms. The molecule has 0 saturated carbocycles. The van der Waals surface area contributed by atoms with E-state index in [1.54, 1.807) is 19.9 Å². The molecule has 9 heteroatoms. The smallest absolute Gasteiger partial charge is 0.344 e. The second kappa shape index (κ2) is 8.81. The lowest BCUT2D eigenvalue weighted by molar-refractivity contribution is -0.115. The molecule has 0 bridgehead atoms. The van der Waals surface area contributed by atoms with E-state index in [0.717, 1.165) is 10.9 Å². The molecule has 0 saturated heterocycles. The van der Waals surface area contributed by atoms with Crippen LogP contribution in [0.15, 0.2) is 27.1 Å². The van der Waals surface area contributed by atoms with Crippen molar-refractivity contribution in [3.63, 3.8) is 0 Å². The molecule has 0 aliphatic heterocycles. The van der Waals surface area contributed by atoms with Crippen molar-refractivity contribution in [2.45, 2.75) is 34.1 Å². The van der Waals surface area contributed by atoms with Crippen LogP contribution < -0.4 is 5.32 Å². The number of rotatable bonds is 7. The number of nitrogens with one attached hydrogen (secondary N) is 1. The molecule has 1 aromatic carbocycles. The summed E-state index contributed by atoms with van der Waals surface area (Å²) in [6.45, 7) is 6.90. The van der Waals surface area contributed by atoms with Gasteiger partial charge in [0.05, 0.1) is 19.6 Å². The summed E-state index contributed by atoms with van der Waals surface area (Å²) in [5.41, 5.74) is 1.75. The fourth-order valence-corrected chi connectivity index (χ4v) is 3.03. The Bertz CT molecular complexity index is 1110. The van der Waals surface area contributed by atoms with Gasteiger partial charge < -0.3 is 18.4 Å². The topological polar surface area (TPSA) is 121 Å². The van der Waals surface area contributed by atoms with Crippen molar-refractivity contribution < 1.29 is 32.8 Å². The summed E-state index contributed by atoms with van der Waals surface area (Å²) in [6.07, 6.45) is -0.118. The summed E-state index contributed by atoms with van der Waals surface area (Å²) >= 11 is 0. The summed E-state index contributed by atoms with van der Waals surface area (Å²) in [6, 6.07) is 5.53. The number of aromatic nitrogens is 1. The zero-order valence-electron chi connectivity index (χ0n) is 17.2. The van der Waals surface area contributed by atoms with E-state index in [1.807, 2.05) is 19.1 Å². The van der Waals surface area contributed by atoms with Gasteiger partial charge >= 0.3 is 11.9 Å². The van der Waals surface area contributed by atoms with Crippen LogP contribution >= 0.6 is 0 Å². The van der Waals surface area contributed by atoms with Crippen LogP contribution in [0.25, 0.3) is 11.0 Å². The maximum absolute atomic E-state index is 12.6. The molecule has 0 aliphatic rings. The van der Waals surface area contributed by atoms with Crippen LogP contribution in [0.1, 0.15) is 51.6 Å². The summed E-state index contributed by atoms with van der Waals surface area (Å²) in [5, 5.41) is 7.20. The minimum absolute atomic E-state index is 0.0758. The molecule has 3 rings (SSSR count). The monoisotopic (exact) mass is 414 g/mol. The summed E-state index contributed by atoms with van der Waals surface area (Å²) in [4.78, 5) is 37.4. The average molecular weight is 414 g/mol. The number of benzene rings is 1. The van der Waals surface area contributed by atoms with E-state index in [4.69, 9.17) is 18.4 Å². The first-order valence-corrected chi connectivity index (χ1v) is 9.48. The zero-order valence-corrected chi connectivity index (χ0v) is 17.2. The first-order valence-electron chi connectivity index (χ1n) is 9.48. The normalized spacial score (nSPS) is 10.8. The highest BCUT2D eigenvalue weighted by Gasteiger charge is 2.31. The van der Waals surface area contributed by atoms with Crippen LogP contribution in [0.4, 0.5) is 5.88 Å². The highest BCUT2D eigenvalue weighted by atomic mass is 16.5. The van der Waals surface area contributed by atoms with Crippen molar-refractivity contribution >= 4 is 34.7 Å². The number of hydrogen-bond acceptors (Lipinski definition) is 8. The van der Waals surface area contributed by atoms with Gasteiger partial charge in [-0.3, -0.25) is 10.1 Å². The number of fused-ring (bicyclic) bond motifs is 1. The van der Waals surface area contributed by atoms with Crippen molar-refractivity contribution in [2.24, 2.45) is 0 Å². The van der Waals surface area contributed by atoms with Gasteiger partial charge in [-0.1, -0.05) is 16.8 Å². The van der Waals surface area contributed by atoms with E-state index in [1.165, 1.54) is 6.92 Å². The van der Waals surface area contributed by atoms with Gasteiger partial charge in [-0.25, -0.2) is 9.59 Å². The Labute approximate surface area is 172 Å². The van der Waals surface area contributed by atoms with E-state index in [9.17, 15) is 14.4 Å². The maximum atomic E-state index is 12.6. The zero-order chi connectivity index (χ0) is 21.8. The Morgan fingerprint density at radius 2 is 1.70 bits per heavy atom. The largest absolute Gasteiger partial charge is 0.462 e. The van der Waals surface area contributed by atoms with Crippen molar-refractivity contribution in [1.29, 1.82) is 0 Å². The third-order valence-electron chi connectivity index (χ3n) is 4.32. The van der Waals surface area contributed by atoms with Gasteiger partial charge in [0.1, 0.15) is 22.6 Å². The number of ether oxygens (including phenoxy) is 2. The third kappa shape index (κ3) is 4.19. The van der Waals surface area contributed by atoms with E-state index in [0.29, 0.717) is 11.3 Å². The molecule has 30 heavy (non-hydrogen) atoms. The van der Waals surface area contributed by atoms with E-state index in [2.05, 4.69) is 10.5 Å². The Morgan fingerprint density at radius 1 is 1.03 bits per heavy atom. The lowest BCUT2D eigenvalue weighted by Gasteiger charge is -2.06. The molecule has 0 unspecified atom stereocenters. The molecule has 2 heterocycles. The maximum Gasteiger partial charge on any atom is 0.344 e. The molecular formula is C21H22N2O7. The molecule has 0 fully saturated rings. The first-order chi connectivity index (χ1) is 14.3. The quantitative estimate of drug-likeness (QED) is 0.583. The SMILES string of the molecule is CCOC(=O)c1c(C)oc(NC(=O)Cc2noc3ccc(C)cc23)c1C(=O)OCC. The van der Waals surface area contributed by atoms with Crippen LogP contribution in [0.5, 0.6) is 0 Å². The van der Waals surface area contributed by atoms with Crippen LogP contribution in [-0.4, -0.2) is 36.2 Å². The lowest BCUT2D eigenvalue weighted by Crippen LogP contribution is -2.18. The minimum atomic E-state index is -0.796. The fourth-order valence-electron chi connectivity index (χ4n) is 3.03. The Hall–Kier alpha value is -3.62. The summed E-state index contributed by atoms with van der Waals surface area (Å²) in [7, 11) is 0. The number of furan rings is 1. The minimum Gasteiger partial charge on any atom is -0.462 e. The van der Waals surface area contributed by atoms with E-state index < -0.39 is 17.8 Å². The number of carbonyl (C=O) groups is 3. The van der Waals surface area contributed by atoms with Gasteiger partial charge in [0.15, 0.2) is 5.58 Å². The standard InChI is InChI=1S/C21H22N2O7/c1-5-27-20(25)17-12(4)29-19(18(17)21(26)28-6-2)22-16(24)10-14-13-9-11(3)7-8-15(13)30-23-14/h7-9H,5-6,10H2,1-4H3,(H,22,24). The molecule has 3 aromatic rings. The lowest BCUT2D eigenvalue weighted by atomic mass is 10.1. The highest BCUT2D eigenvalue weighted by Crippen LogP contribution is 2.29. The number of esters is 2. The Kier molecular flexibility index (Phi) is 6.20. The predicted octanol–water partition coefficient (Wildman–Crippen LogP) is 3.57. The predicted molar refractivity (Wildman–Crippen MR) is 106 cm³/mol. The number of nitrogens with zero attached hydrogens (tertiary/aromatic N) is 1. The van der Waals surface area contributed by atoms with Crippen molar-refractivity contribution in [2.75, 3.05) is 18.5 Å². The second-order valence-electron chi connectivity index (χ2n) is 6.53. The molecule has 1 amide bonds. The van der Waals surface area contributed by atoms with E-state index >= 15 is 0 Å². The molecular weight excluding hydrogens is 392 g/mol. The Morgan fingerprint density at radius 3 is 2.37 bits per heavy atom. The van der Waals surface area contributed by atoms with Gasteiger partial charge in [-0.05, 0) is 39.8 Å². The fraction of sp³-hybridized carbons (Fsp3) is 0.333. The van der Waals surface area contributed by atoms with Crippen LogP contribution in [-0.2, 0) is 20.7 Å². The summed E-state index contributed by atoms with van der Waals surface area (Å²) in [5.74, 6) is -2.07. The molecule has 158 valence electrons. The number of anilines is 1. The van der Waals surface area contributed by atoms with Crippen molar-refractivity contribution in [3.05, 3.63) is 46.3 Å². The van der Waals surface area contributed by atoms with Gasteiger partial charge in [0, 0.05) is 5.39 Å². The third-order valence-corrected chi connectivity index (χ3v) is 4.32. The second-order valence-corrected chi connectivity index (χ2v) is 6.53. The van der Waals surface area contributed by atoms with Crippen molar-refractivity contribution in [3.8, 4) is 0 Å². The molecule has 0 aliphatic carbocycles. The number of carbonyl (C=O) groups excluding carboxylic acids is 3. The molecule has 0 atom stereocenters. The highest BCUT2D eigenvalue weighted by molar-refractivity contribution is 6.09. The van der Waals surface area contributed by atoms with Crippen LogP contribution in [0.2, 0.25) is 0 Å². The molecule has 1 N–H and O–H groups in total. The molecule has 2 aromatic heterocycles. The molecule has 0 radical (unpaired) electrons. The van der Waals surface area contributed by atoms with Gasteiger partial charge in [-0.2, -0.15) is 0 Å². The Balaban J connectivity index is 1.90. The van der Waals surface area contributed by atoms with Gasteiger partial charge in [-0.15, -0.1) is 0 Å². The average Bonchev–Trinajstić information content (AvgIpc) is 3.22. The van der Waals surface area contributed by atoms with E-state index in [-0.39, 0.29) is 42.4 Å². The summed E-state index contributed by atoms with van der Waals surface area (Å²) < 4.78 is 20.8. The van der Waals surface area contributed by atoms with Gasteiger partial charge in [0.25, 0.3) is 0 Å². The number of amides is 1. The van der Waals surface area contributed by atoms with Crippen LogP contribution in [0, 0.1) is 13.8 Å². The molecule has 9 nitrogen and oxygen atoms in total. The van der Waals surface area contributed by atoms with Crippen LogP contribution in [0.3, 0.4) is 0 Å². The number of hydrogen-bond donors (Lipinski definition) is 1. The first kappa shape index (κ1) is 21.1. The van der Waals surface area contributed by atoms with Gasteiger partial charge in [0.2, 0.25) is 11.8 Å². The number of aryl methyl sites for hydroxylation is 2.